The molecule has 0 aliphatic rings. The lowest BCUT2D eigenvalue weighted by molar-refractivity contribution is -0.143. The van der Waals surface area contributed by atoms with Gasteiger partial charge in [0, 0.05) is 17.8 Å². The Kier molecular flexibility index (Phi) is 4.36. The Balaban J connectivity index is 2.52. The molecule has 0 saturated carbocycles. The Morgan fingerprint density at radius 1 is 1.04 bits per heavy atom. The van der Waals surface area contributed by atoms with Crippen LogP contribution in [0.4, 0.5) is 26.3 Å². The third-order valence-electron chi connectivity index (χ3n) is 2.75. The highest BCUT2D eigenvalue weighted by molar-refractivity contribution is 5.88. The number of nitrogens with zero attached hydrogens (tertiary/aromatic N) is 3. The van der Waals surface area contributed by atoms with Gasteiger partial charge in [0.1, 0.15) is 6.33 Å². The van der Waals surface area contributed by atoms with Crippen molar-refractivity contribution in [2.45, 2.75) is 12.4 Å². The Morgan fingerprint density at radius 2 is 1.58 bits per heavy atom. The molecular weight excluding hydrogens is 342 g/mol. The molecule has 128 valence electrons. The van der Waals surface area contributed by atoms with E-state index in [0.29, 0.717) is 12.1 Å². The Hall–Kier alpha value is -2.85. The molecular formula is C13H8F6N4O. The van der Waals surface area contributed by atoms with Crippen LogP contribution in [0.15, 0.2) is 30.6 Å². The van der Waals surface area contributed by atoms with E-state index >= 15 is 0 Å². The SMILES string of the molecule is NC(=O)/C=C/n1cnc(-c2cc(C(F)(F)F)cc(C(F)(F)F)c2)n1. The summed E-state index contributed by atoms with van der Waals surface area (Å²) in [6.45, 7) is 0. The fourth-order valence-electron chi connectivity index (χ4n) is 1.71. The van der Waals surface area contributed by atoms with Crippen molar-refractivity contribution in [3.8, 4) is 11.4 Å². The van der Waals surface area contributed by atoms with Gasteiger partial charge in [0.25, 0.3) is 0 Å². The first kappa shape index (κ1) is 17.5. The molecule has 0 bridgehead atoms. The van der Waals surface area contributed by atoms with Gasteiger partial charge in [0.2, 0.25) is 5.91 Å². The van der Waals surface area contributed by atoms with E-state index in [9.17, 15) is 31.1 Å². The van der Waals surface area contributed by atoms with Crippen LogP contribution < -0.4 is 5.73 Å². The molecule has 2 aromatic rings. The number of benzene rings is 1. The summed E-state index contributed by atoms with van der Waals surface area (Å²) in [5.74, 6) is -1.19. The molecule has 11 heteroatoms. The first-order valence-electron chi connectivity index (χ1n) is 6.15. The van der Waals surface area contributed by atoms with E-state index in [2.05, 4.69) is 10.1 Å². The molecule has 1 heterocycles. The van der Waals surface area contributed by atoms with Gasteiger partial charge in [0.05, 0.1) is 11.1 Å². The Bertz CT molecular complexity index is 758. The number of amides is 1. The van der Waals surface area contributed by atoms with Crippen molar-refractivity contribution in [3.05, 3.63) is 41.7 Å². The predicted molar refractivity (Wildman–Crippen MR) is 70.0 cm³/mol. The zero-order valence-corrected chi connectivity index (χ0v) is 11.6. The number of primary amides is 1. The molecule has 2 N–H and O–H groups in total. The summed E-state index contributed by atoms with van der Waals surface area (Å²) >= 11 is 0. The number of hydrogen-bond acceptors (Lipinski definition) is 3. The summed E-state index contributed by atoms with van der Waals surface area (Å²) in [5, 5.41) is 3.68. The lowest BCUT2D eigenvalue weighted by atomic mass is 10.0. The maximum Gasteiger partial charge on any atom is 0.416 e. The normalized spacial score (nSPS) is 12.8. The van der Waals surface area contributed by atoms with Gasteiger partial charge in [-0.1, -0.05) is 0 Å². The molecule has 0 aliphatic carbocycles. The topological polar surface area (TPSA) is 73.8 Å². The van der Waals surface area contributed by atoms with Gasteiger partial charge in [-0.3, -0.25) is 4.79 Å². The maximum absolute atomic E-state index is 12.8. The van der Waals surface area contributed by atoms with Crippen LogP contribution in [-0.4, -0.2) is 20.7 Å². The van der Waals surface area contributed by atoms with Crippen LogP contribution in [0, 0.1) is 0 Å². The van der Waals surface area contributed by atoms with Gasteiger partial charge in [0.15, 0.2) is 5.82 Å². The van der Waals surface area contributed by atoms with E-state index in [4.69, 9.17) is 5.73 Å². The first-order chi connectivity index (χ1) is 11.0. The molecule has 0 spiro atoms. The number of carbonyl (C=O) groups is 1. The van der Waals surface area contributed by atoms with E-state index in [1.54, 1.807) is 0 Å². The van der Waals surface area contributed by atoms with Crippen molar-refractivity contribution in [1.82, 2.24) is 14.8 Å². The van der Waals surface area contributed by atoms with E-state index in [1.165, 1.54) is 0 Å². The van der Waals surface area contributed by atoms with Crippen molar-refractivity contribution in [3.63, 3.8) is 0 Å². The van der Waals surface area contributed by atoms with Crippen LogP contribution in [-0.2, 0) is 17.1 Å². The second-order valence-electron chi connectivity index (χ2n) is 4.56. The van der Waals surface area contributed by atoms with Gasteiger partial charge in [-0.25, -0.2) is 9.67 Å². The van der Waals surface area contributed by atoms with Crippen molar-refractivity contribution in [2.24, 2.45) is 5.73 Å². The third-order valence-corrected chi connectivity index (χ3v) is 2.75. The number of aromatic nitrogens is 3. The molecule has 2 rings (SSSR count). The van der Waals surface area contributed by atoms with E-state index in [0.717, 1.165) is 23.3 Å². The minimum absolute atomic E-state index is 0.00743. The number of halogens is 6. The molecule has 24 heavy (non-hydrogen) atoms. The first-order valence-corrected chi connectivity index (χ1v) is 6.15. The van der Waals surface area contributed by atoms with Crippen molar-refractivity contribution >= 4 is 12.1 Å². The van der Waals surface area contributed by atoms with Gasteiger partial charge in [-0.2, -0.15) is 26.3 Å². The molecule has 0 saturated heterocycles. The fourth-order valence-corrected chi connectivity index (χ4v) is 1.71. The van der Waals surface area contributed by atoms with Crippen LogP contribution in [0.5, 0.6) is 0 Å². The molecule has 0 atom stereocenters. The Morgan fingerprint density at radius 3 is 2.04 bits per heavy atom. The zero-order valence-electron chi connectivity index (χ0n) is 11.6. The van der Waals surface area contributed by atoms with Crippen molar-refractivity contribution in [2.75, 3.05) is 0 Å². The average Bonchev–Trinajstić information content (AvgIpc) is 2.91. The number of alkyl halides is 6. The lowest BCUT2D eigenvalue weighted by Gasteiger charge is -2.13. The van der Waals surface area contributed by atoms with Crippen molar-refractivity contribution in [1.29, 1.82) is 0 Å². The molecule has 1 aromatic carbocycles. The molecule has 0 radical (unpaired) electrons. The van der Waals surface area contributed by atoms with E-state index in [1.807, 2.05) is 0 Å². The summed E-state index contributed by atoms with van der Waals surface area (Å²) in [7, 11) is 0. The largest absolute Gasteiger partial charge is 0.416 e. The highest BCUT2D eigenvalue weighted by Gasteiger charge is 2.37. The van der Waals surface area contributed by atoms with Crippen molar-refractivity contribution < 1.29 is 31.1 Å². The molecule has 0 aliphatic heterocycles. The summed E-state index contributed by atoms with van der Waals surface area (Å²) in [4.78, 5) is 14.2. The summed E-state index contributed by atoms with van der Waals surface area (Å²) in [6, 6.07) is 1.02. The second kappa shape index (κ2) is 5.98. The highest BCUT2D eigenvalue weighted by Crippen LogP contribution is 2.37. The minimum atomic E-state index is -4.97. The summed E-state index contributed by atoms with van der Waals surface area (Å²) in [5.41, 5.74) is 1.44. The van der Waals surface area contributed by atoms with Gasteiger partial charge < -0.3 is 5.73 Å². The van der Waals surface area contributed by atoms with Crippen LogP contribution >= 0.6 is 0 Å². The maximum atomic E-state index is 12.8. The van der Waals surface area contributed by atoms with Crippen LogP contribution in [0.25, 0.3) is 17.6 Å². The molecule has 1 aromatic heterocycles. The molecule has 0 fully saturated rings. The number of hydrogen-bond donors (Lipinski definition) is 1. The monoisotopic (exact) mass is 350 g/mol. The number of rotatable bonds is 3. The van der Waals surface area contributed by atoms with Gasteiger partial charge >= 0.3 is 12.4 Å². The number of nitrogens with two attached hydrogens (primary N) is 1. The third kappa shape index (κ3) is 4.12. The highest BCUT2D eigenvalue weighted by atomic mass is 19.4. The van der Waals surface area contributed by atoms with Crippen LogP contribution in [0.2, 0.25) is 0 Å². The molecule has 0 unspecified atom stereocenters. The molecule has 5 nitrogen and oxygen atoms in total. The van der Waals surface area contributed by atoms with Crippen LogP contribution in [0.3, 0.4) is 0 Å². The van der Waals surface area contributed by atoms with Gasteiger partial charge in [-0.15, -0.1) is 5.10 Å². The fraction of sp³-hybridized carbons (Fsp3) is 0.154. The predicted octanol–water partition coefficient (Wildman–Crippen LogP) is 2.94. The minimum Gasteiger partial charge on any atom is -0.366 e. The summed E-state index contributed by atoms with van der Waals surface area (Å²) < 4.78 is 77.7. The zero-order chi connectivity index (χ0) is 18.1. The van der Waals surface area contributed by atoms with E-state index < -0.39 is 35.0 Å². The standard InChI is InChI=1S/C13H8F6N4O/c14-12(15,16)8-3-7(4-9(5-8)13(17,18)19)11-21-6-23(22-11)2-1-10(20)24/h1-6H,(H2,20,24)/b2-1+. The van der Waals surface area contributed by atoms with E-state index in [-0.39, 0.29) is 11.9 Å². The quantitative estimate of drug-likeness (QED) is 0.683. The average molecular weight is 350 g/mol. The second-order valence-corrected chi connectivity index (χ2v) is 4.56. The van der Waals surface area contributed by atoms with Crippen LogP contribution in [0.1, 0.15) is 11.1 Å². The smallest absolute Gasteiger partial charge is 0.366 e. The number of carbonyl (C=O) groups excluding carboxylic acids is 1. The summed E-state index contributed by atoms with van der Waals surface area (Å²) in [6.07, 6.45) is -6.99. The lowest BCUT2D eigenvalue weighted by Crippen LogP contribution is -2.11. The molecule has 1 amide bonds. The Labute approximate surface area is 130 Å². The van der Waals surface area contributed by atoms with Gasteiger partial charge in [-0.05, 0) is 18.2 Å².